The Morgan fingerprint density at radius 2 is 1.11 bits per heavy atom. The Morgan fingerprint density at radius 3 is 1.52 bits per heavy atom. The van der Waals surface area contributed by atoms with Gasteiger partial charge in [-0.2, -0.15) is 0 Å². The highest BCUT2D eigenvalue weighted by Crippen LogP contribution is 2.31. The van der Waals surface area contributed by atoms with Gasteiger partial charge < -0.3 is 9.47 Å². The van der Waals surface area contributed by atoms with Crippen LogP contribution in [0.4, 0.5) is 0 Å². The van der Waals surface area contributed by atoms with Crippen molar-refractivity contribution < 1.29 is 9.47 Å². The van der Waals surface area contributed by atoms with E-state index in [1.165, 1.54) is 11.1 Å². The second kappa shape index (κ2) is 8.17. The molecule has 0 saturated carbocycles. The zero-order valence-corrected chi connectivity index (χ0v) is 16.4. The predicted molar refractivity (Wildman–Crippen MR) is 112 cm³/mol. The highest BCUT2D eigenvalue weighted by atomic mass is 32.2. The van der Waals surface area contributed by atoms with Crippen LogP contribution < -0.4 is 0 Å². The second-order valence-corrected chi connectivity index (χ2v) is 7.88. The van der Waals surface area contributed by atoms with Crippen LogP contribution in [0, 0.1) is 0 Å². The lowest BCUT2D eigenvalue weighted by Gasteiger charge is -2.13. The molecular weight excluding hydrogens is 356 g/mol. The van der Waals surface area contributed by atoms with Crippen molar-refractivity contribution in [3.05, 3.63) is 71.8 Å². The molecule has 0 fully saturated rings. The van der Waals surface area contributed by atoms with Crippen molar-refractivity contribution in [3.8, 4) is 0 Å². The third kappa shape index (κ3) is 4.19. The van der Waals surface area contributed by atoms with E-state index in [0.29, 0.717) is 0 Å². The minimum Gasteiger partial charge on any atom is -0.475 e. The van der Waals surface area contributed by atoms with Crippen molar-refractivity contribution in [2.45, 2.75) is 38.1 Å². The van der Waals surface area contributed by atoms with Crippen molar-refractivity contribution in [2.75, 3.05) is 11.5 Å². The lowest BCUT2D eigenvalue weighted by atomic mass is 10.0. The van der Waals surface area contributed by atoms with Gasteiger partial charge in [-0.3, -0.25) is 0 Å². The van der Waals surface area contributed by atoms with E-state index in [1.807, 2.05) is 36.4 Å². The number of ether oxygens (including phenoxy) is 2. The van der Waals surface area contributed by atoms with Crippen molar-refractivity contribution >= 4 is 23.6 Å². The van der Waals surface area contributed by atoms with Gasteiger partial charge in [0.2, 0.25) is 0 Å². The molecule has 2 heterocycles. The SMILES string of the molecule is C[C@@H]1OC(CSCC2=N[C@@H](c3ccccc3)[C@@H](C)O2)=N[C@@H]1c1ccccc1. The van der Waals surface area contributed by atoms with Crippen LogP contribution in [0.2, 0.25) is 0 Å². The Balaban J connectivity index is 1.33. The number of benzene rings is 2. The van der Waals surface area contributed by atoms with Gasteiger partial charge in [-0.05, 0) is 25.0 Å². The lowest BCUT2D eigenvalue weighted by molar-refractivity contribution is 0.212. The normalized spacial score (nSPS) is 26.9. The summed E-state index contributed by atoms with van der Waals surface area (Å²) in [7, 11) is 0. The molecule has 0 N–H and O–H groups in total. The zero-order valence-electron chi connectivity index (χ0n) is 15.6. The minimum atomic E-state index is 0.0746. The van der Waals surface area contributed by atoms with E-state index in [-0.39, 0.29) is 24.3 Å². The largest absolute Gasteiger partial charge is 0.475 e. The van der Waals surface area contributed by atoms with Crippen LogP contribution in [0.3, 0.4) is 0 Å². The standard InChI is InChI=1S/C22H24N2O2S/c1-15-21(17-9-5-3-6-10-17)23-19(25-15)13-27-14-20-24-22(16(2)26-20)18-11-7-4-8-12-18/h3-12,15-16,21-22H,13-14H2,1-2H3/t15-,16+,21-,22+. The molecule has 27 heavy (non-hydrogen) atoms. The van der Waals surface area contributed by atoms with Gasteiger partial charge in [0.15, 0.2) is 11.8 Å². The van der Waals surface area contributed by atoms with Gasteiger partial charge in [-0.15, -0.1) is 11.8 Å². The number of hydrogen-bond acceptors (Lipinski definition) is 5. The maximum Gasteiger partial charge on any atom is 0.194 e. The molecule has 0 unspecified atom stereocenters. The van der Waals surface area contributed by atoms with Crippen LogP contribution in [0.1, 0.15) is 37.1 Å². The van der Waals surface area contributed by atoms with E-state index < -0.39 is 0 Å². The number of rotatable bonds is 6. The van der Waals surface area contributed by atoms with Crippen LogP contribution in [0.15, 0.2) is 70.6 Å². The molecule has 2 aliphatic heterocycles. The van der Waals surface area contributed by atoms with Gasteiger partial charge in [0.05, 0.1) is 11.5 Å². The van der Waals surface area contributed by atoms with Gasteiger partial charge in [-0.1, -0.05) is 60.7 Å². The maximum atomic E-state index is 5.95. The van der Waals surface area contributed by atoms with Crippen molar-refractivity contribution in [2.24, 2.45) is 9.98 Å². The van der Waals surface area contributed by atoms with Crippen LogP contribution >= 0.6 is 11.8 Å². The van der Waals surface area contributed by atoms with E-state index in [9.17, 15) is 0 Å². The van der Waals surface area contributed by atoms with Gasteiger partial charge in [0.25, 0.3) is 0 Å². The summed E-state index contributed by atoms with van der Waals surface area (Å²) in [5.41, 5.74) is 2.40. The van der Waals surface area contributed by atoms with Gasteiger partial charge in [-0.25, -0.2) is 9.98 Å². The lowest BCUT2D eigenvalue weighted by Crippen LogP contribution is -2.14. The quantitative estimate of drug-likeness (QED) is 0.720. The Kier molecular flexibility index (Phi) is 5.48. The summed E-state index contributed by atoms with van der Waals surface area (Å²) in [6.07, 6.45) is 0.149. The minimum absolute atomic E-state index is 0.0746. The van der Waals surface area contributed by atoms with Crippen molar-refractivity contribution in [1.29, 1.82) is 0 Å². The third-order valence-corrected chi connectivity index (χ3v) is 5.73. The number of aliphatic imine (C=N–C) groups is 2. The van der Waals surface area contributed by atoms with Crippen molar-refractivity contribution in [3.63, 3.8) is 0 Å². The molecule has 0 aliphatic carbocycles. The third-order valence-electron chi connectivity index (χ3n) is 4.83. The first-order chi connectivity index (χ1) is 13.2. The molecule has 4 atom stereocenters. The Morgan fingerprint density at radius 1 is 0.704 bits per heavy atom. The monoisotopic (exact) mass is 380 g/mol. The van der Waals surface area contributed by atoms with Crippen LogP contribution in [0.25, 0.3) is 0 Å². The van der Waals surface area contributed by atoms with E-state index in [0.717, 1.165) is 23.3 Å². The number of thioether (sulfide) groups is 1. The molecule has 0 spiro atoms. The van der Waals surface area contributed by atoms with E-state index >= 15 is 0 Å². The summed E-state index contributed by atoms with van der Waals surface area (Å²) in [6.45, 7) is 4.16. The molecule has 5 heteroatoms. The zero-order chi connectivity index (χ0) is 18.6. The molecule has 4 nitrogen and oxygen atoms in total. The number of nitrogens with zero attached hydrogens (tertiary/aromatic N) is 2. The van der Waals surface area contributed by atoms with Crippen LogP contribution in [0.5, 0.6) is 0 Å². The average Bonchev–Trinajstić information content (AvgIpc) is 3.25. The first-order valence-corrected chi connectivity index (χ1v) is 10.5. The highest BCUT2D eigenvalue weighted by Gasteiger charge is 2.30. The summed E-state index contributed by atoms with van der Waals surface area (Å²) in [5, 5.41) is 0. The molecule has 0 amide bonds. The summed E-state index contributed by atoms with van der Waals surface area (Å²) in [5.74, 6) is 3.10. The Hall–Kier alpha value is -2.27. The van der Waals surface area contributed by atoms with Crippen LogP contribution in [-0.2, 0) is 9.47 Å². The predicted octanol–water partition coefficient (Wildman–Crippen LogP) is 4.84. The maximum absolute atomic E-state index is 5.95. The first kappa shape index (κ1) is 18.1. The fourth-order valence-corrected chi connectivity index (χ4v) is 4.24. The molecule has 0 bridgehead atoms. The van der Waals surface area contributed by atoms with Gasteiger partial charge in [0.1, 0.15) is 24.3 Å². The fourth-order valence-electron chi connectivity index (χ4n) is 3.50. The molecule has 0 radical (unpaired) electrons. The summed E-state index contributed by atoms with van der Waals surface area (Å²) in [6, 6.07) is 20.8. The first-order valence-electron chi connectivity index (χ1n) is 9.35. The molecule has 140 valence electrons. The summed E-state index contributed by atoms with van der Waals surface area (Å²) >= 11 is 1.73. The molecule has 2 aromatic rings. The Bertz CT molecular complexity index is 753. The molecule has 0 aromatic heterocycles. The fraction of sp³-hybridized carbons (Fsp3) is 0.364. The van der Waals surface area contributed by atoms with E-state index in [1.54, 1.807) is 11.8 Å². The van der Waals surface area contributed by atoms with E-state index in [2.05, 4.69) is 38.1 Å². The smallest absolute Gasteiger partial charge is 0.194 e. The van der Waals surface area contributed by atoms with Gasteiger partial charge >= 0.3 is 0 Å². The summed E-state index contributed by atoms with van der Waals surface area (Å²) in [4.78, 5) is 9.55. The molecule has 4 rings (SSSR count). The summed E-state index contributed by atoms with van der Waals surface area (Å²) < 4.78 is 11.9. The topological polar surface area (TPSA) is 43.2 Å². The second-order valence-electron chi connectivity index (χ2n) is 6.90. The average molecular weight is 381 g/mol. The highest BCUT2D eigenvalue weighted by molar-refractivity contribution is 8.00. The van der Waals surface area contributed by atoms with Gasteiger partial charge in [0, 0.05) is 0 Å². The molecule has 2 aromatic carbocycles. The molecule has 2 aliphatic rings. The van der Waals surface area contributed by atoms with Crippen molar-refractivity contribution in [1.82, 2.24) is 0 Å². The Labute approximate surface area is 164 Å². The van der Waals surface area contributed by atoms with Crippen LogP contribution in [-0.4, -0.2) is 35.5 Å². The van der Waals surface area contributed by atoms with E-state index in [4.69, 9.17) is 19.5 Å². The number of hydrogen-bond donors (Lipinski definition) is 0. The molecular formula is C22H24N2O2S. The molecule has 0 saturated heterocycles.